The number of amides is 1. The molecule has 1 aromatic rings. The van der Waals surface area contributed by atoms with Gasteiger partial charge in [-0.3, -0.25) is 4.79 Å². The zero-order valence-electron chi connectivity index (χ0n) is 12.6. The van der Waals surface area contributed by atoms with Crippen LogP contribution in [0, 0.1) is 13.8 Å². The first-order valence-electron chi connectivity index (χ1n) is 6.90. The fraction of sp³-hybridized carbons (Fsp3) is 0.643. The van der Waals surface area contributed by atoms with Gasteiger partial charge in [0, 0.05) is 11.9 Å². The number of hydrogen-bond acceptors (Lipinski definition) is 5. The number of aliphatic carboxylic acids is 1. The summed E-state index contributed by atoms with van der Waals surface area (Å²) in [6.07, 6.45) is -0.692. The molecular weight excluding hydrogens is 292 g/mol. The number of aromatic nitrogens is 1. The molecule has 0 aliphatic carbocycles. The van der Waals surface area contributed by atoms with Crippen LogP contribution >= 0.6 is 11.3 Å². The fourth-order valence-electron chi connectivity index (χ4n) is 2.53. The number of nitrogens with zero attached hydrogens (tertiary/aromatic N) is 2. The van der Waals surface area contributed by atoms with Gasteiger partial charge in [0.2, 0.25) is 0 Å². The third-order valence-corrected chi connectivity index (χ3v) is 5.06. The zero-order valence-corrected chi connectivity index (χ0v) is 13.4. The summed E-state index contributed by atoms with van der Waals surface area (Å²) >= 11 is 1.58. The number of rotatable bonds is 4. The van der Waals surface area contributed by atoms with E-state index < -0.39 is 18.2 Å². The van der Waals surface area contributed by atoms with Crippen molar-refractivity contribution < 1.29 is 19.4 Å². The summed E-state index contributed by atoms with van der Waals surface area (Å²) in [6.45, 7) is 5.81. The van der Waals surface area contributed by atoms with Gasteiger partial charge in [0.1, 0.15) is 6.10 Å². The lowest BCUT2D eigenvalue weighted by Crippen LogP contribution is -2.38. The summed E-state index contributed by atoms with van der Waals surface area (Å²) in [7, 11) is 1.72. The predicted octanol–water partition coefficient (Wildman–Crippen LogP) is 1.91. The molecule has 1 aliphatic heterocycles. The summed E-state index contributed by atoms with van der Waals surface area (Å²) in [6, 6.07) is -0.101. The maximum atomic E-state index is 12.4. The molecule has 0 saturated carbocycles. The van der Waals surface area contributed by atoms with Crippen LogP contribution in [-0.4, -0.2) is 46.1 Å². The molecule has 1 unspecified atom stereocenters. The maximum Gasteiger partial charge on any atom is 0.332 e. The smallest absolute Gasteiger partial charge is 0.332 e. The van der Waals surface area contributed by atoms with Crippen LogP contribution in [-0.2, 0) is 14.3 Å². The lowest BCUT2D eigenvalue weighted by molar-refractivity contribution is -0.155. The summed E-state index contributed by atoms with van der Waals surface area (Å²) < 4.78 is 5.32. The summed E-state index contributed by atoms with van der Waals surface area (Å²) in [5.41, 5.74) is 0.931. The Hall–Kier alpha value is -1.47. The lowest BCUT2D eigenvalue weighted by atomic mass is 10.1. The first-order valence-corrected chi connectivity index (χ1v) is 7.71. The van der Waals surface area contributed by atoms with Gasteiger partial charge < -0.3 is 14.7 Å². The van der Waals surface area contributed by atoms with Crippen LogP contribution in [0.2, 0.25) is 0 Å². The van der Waals surface area contributed by atoms with E-state index >= 15 is 0 Å². The van der Waals surface area contributed by atoms with Gasteiger partial charge in [-0.2, -0.15) is 0 Å². The van der Waals surface area contributed by atoms with Crippen LogP contribution in [0.3, 0.4) is 0 Å². The Morgan fingerprint density at radius 2 is 2.00 bits per heavy atom. The van der Waals surface area contributed by atoms with Crippen molar-refractivity contribution in [3.05, 3.63) is 15.6 Å². The highest BCUT2D eigenvalue weighted by Crippen LogP contribution is 2.30. The molecule has 1 fully saturated rings. The fourth-order valence-corrected chi connectivity index (χ4v) is 3.55. The van der Waals surface area contributed by atoms with Gasteiger partial charge in [-0.15, -0.1) is 11.3 Å². The number of likely N-dealkylation sites (N-methyl/N-ethyl adjacent to an activating group) is 1. The van der Waals surface area contributed by atoms with E-state index in [0.717, 1.165) is 15.6 Å². The molecule has 0 spiro atoms. The van der Waals surface area contributed by atoms with Gasteiger partial charge in [-0.1, -0.05) is 0 Å². The van der Waals surface area contributed by atoms with Gasteiger partial charge in [-0.25, -0.2) is 9.78 Å². The van der Waals surface area contributed by atoms with Crippen LogP contribution in [0.15, 0.2) is 0 Å². The monoisotopic (exact) mass is 312 g/mol. The van der Waals surface area contributed by atoms with Crippen molar-refractivity contribution in [3.8, 4) is 0 Å². The molecule has 7 heteroatoms. The van der Waals surface area contributed by atoms with Crippen LogP contribution in [0.5, 0.6) is 0 Å². The second-order valence-corrected chi connectivity index (χ2v) is 6.57. The number of carbonyl (C=O) groups is 2. The Morgan fingerprint density at radius 3 is 2.48 bits per heavy atom. The van der Waals surface area contributed by atoms with Gasteiger partial charge in [0.25, 0.3) is 5.91 Å². The maximum absolute atomic E-state index is 12.4. The average molecular weight is 312 g/mol. The molecule has 1 aliphatic rings. The van der Waals surface area contributed by atoms with Crippen molar-refractivity contribution in [1.82, 2.24) is 9.88 Å². The number of ether oxygens (including phenoxy) is 1. The van der Waals surface area contributed by atoms with Crippen LogP contribution < -0.4 is 0 Å². The minimum atomic E-state index is -1.00. The summed E-state index contributed by atoms with van der Waals surface area (Å²) in [5, 5.41) is 9.89. The van der Waals surface area contributed by atoms with E-state index in [9.17, 15) is 9.59 Å². The third kappa shape index (κ3) is 3.24. The van der Waals surface area contributed by atoms with E-state index in [2.05, 4.69) is 4.98 Å². The molecule has 0 bridgehead atoms. The van der Waals surface area contributed by atoms with Gasteiger partial charge in [0.15, 0.2) is 6.10 Å². The van der Waals surface area contributed by atoms with Gasteiger partial charge in [0.05, 0.1) is 16.7 Å². The second-order valence-electron chi connectivity index (χ2n) is 5.34. The van der Waals surface area contributed by atoms with E-state index in [1.807, 2.05) is 20.8 Å². The Balaban J connectivity index is 2.06. The molecule has 21 heavy (non-hydrogen) atoms. The highest BCUT2D eigenvalue weighted by molar-refractivity contribution is 7.11. The van der Waals surface area contributed by atoms with Crippen molar-refractivity contribution in [2.75, 3.05) is 7.05 Å². The van der Waals surface area contributed by atoms with Crippen molar-refractivity contribution in [3.63, 3.8) is 0 Å². The highest BCUT2D eigenvalue weighted by atomic mass is 32.1. The lowest BCUT2D eigenvalue weighted by Gasteiger charge is -2.27. The SMILES string of the molecule is Cc1nc(C)c(C(C)N(C)C(=O)[C@@H]2CC[C@H](C(=O)O)O2)s1. The number of aryl methyl sites for hydroxylation is 2. The molecule has 1 N–H and O–H groups in total. The van der Waals surface area contributed by atoms with E-state index in [1.165, 1.54) is 0 Å². The minimum Gasteiger partial charge on any atom is -0.479 e. The average Bonchev–Trinajstić information content (AvgIpc) is 3.03. The van der Waals surface area contributed by atoms with Gasteiger partial charge >= 0.3 is 5.97 Å². The highest BCUT2D eigenvalue weighted by Gasteiger charge is 2.37. The molecule has 1 aromatic heterocycles. The topological polar surface area (TPSA) is 79.7 Å². The third-order valence-electron chi connectivity index (χ3n) is 3.82. The molecule has 116 valence electrons. The van der Waals surface area contributed by atoms with Crippen LogP contribution in [0.25, 0.3) is 0 Å². The largest absolute Gasteiger partial charge is 0.479 e. The molecule has 6 nitrogen and oxygen atoms in total. The van der Waals surface area contributed by atoms with Crippen LogP contribution in [0.4, 0.5) is 0 Å². The standard InChI is InChI=1S/C14H20N2O4S/c1-7-12(21-9(3)15-7)8(2)16(4)13(17)10-5-6-11(20-10)14(18)19/h8,10-11H,5-6H2,1-4H3,(H,18,19)/t8?,10-,11+/m0/s1. The normalized spacial score (nSPS) is 23.0. The second kappa shape index (κ2) is 6.11. The van der Waals surface area contributed by atoms with Gasteiger partial charge in [-0.05, 0) is 33.6 Å². The quantitative estimate of drug-likeness (QED) is 0.918. The predicted molar refractivity (Wildman–Crippen MR) is 78.3 cm³/mol. The number of hydrogen-bond donors (Lipinski definition) is 1. The Labute approximate surface area is 127 Å². The van der Waals surface area contributed by atoms with E-state index in [1.54, 1.807) is 23.3 Å². The zero-order chi connectivity index (χ0) is 15.7. The van der Waals surface area contributed by atoms with Crippen LogP contribution in [0.1, 0.15) is 41.4 Å². The summed E-state index contributed by atoms with van der Waals surface area (Å²) in [4.78, 5) is 30.4. The summed E-state index contributed by atoms with van der Waals surface area (Å²) in [5.74, 6) is -1.17. The molecule has 1 saturated heterocycles. The molecule has 2 rings (SSSR count). The number of carboxylic acid groups (broad SMARTS) is 1. The first-order chi connectivity index (χ1) is 9.81. The Morgan fingerprint density at radius 1 is 1.38 bits per heavy atom. The van der Waals surface area contributed by atoms with Crippen molar-refractivity contribution in [2.45, 2.75) is 51.9 Å². The number of carbonyl (C=O) groups excluding carboxylic acids is 1. The van der Waals surface area contributed by atoms with Crippen molar-refractivity contribution >= 4 is 23.2 Å². The molecule has 1 amide bonds. The Bertz CT molecular complexity index is 557. The molecule has 0 radical (unpaired) electrons. The molecule has 2 heterocycles. The van der Waals surface area contributed by atoms with E-state index in [-0.39, 0.29) is 11.9 Å². The Kier molecular flexibility index (Phi) is 4.63. The molecule has 3 atom stereocenters. The van der Waals surface area contributed by atoms with Crippen molar-refractivity contribution in [1.29, 1.82) is 0 Å². The first kappa shape index (κ1) is 15.9. The molecule has 0 aromatic carbocycles. The number of thiazole rings is 1. The number of carboxylic acids is 1. The van der Waals surface area contributed by atoms with E-state index in [4.69, 9.17) is 9.84 Å². The van der Waals surface area contributed by atoms with Crippen molar-refractivity contribution in [2.24, 2.45) is 0 Å². The minimum absolute atomic E-state index is 0.101. The van der Waals surface area contributed by atoms with E-state index in [0.29, 0.717) is 12.8 Å². The molecular formula is C14H20N2O4S.